The van der Waals surface area contributed by atoms with Crippen LogP contribution < -0.4 is 4.74 Å². The predicted octanol–water partition coefficient (Wildman–Crippen LogP) is 3.92. The van der Waals surface area contributed by atoms with Crippen LogP contribution in [-0.2, 0) is 21.7 Å². The van der Waals surface area contributed by atoms with E-state index in [-0.39, 0.29) is 25.0 Å². The zero-order valence-corrected chi connectivity index (χ0v) is 27.9. The molecule has 5 N–H and O–H groups in total. The quantitative estimate of drug-likeness (QED) is 0.0984. The van der Waals surface area contributed by atoms with Crippen LogP contribution in [0.1, 0.15) is 49.7 Å². The number of halogens is 1. The first kappa shape index (κ1) is 35.6. The molecular formula is C35H43ClN2O8S. The van der Waals surface area contributed by atoms with E-state index in [0.29, 0.717) is 23.8 Å². The Morgan fingerprint density at radius 3 is 2.53 bits per heavy atom. The van der Waals surface area contributed by atoms with E-state index in [1.54, 1.807) is 18.0 Å². The van der Waals surface area contributed by atoms with Crippen LogP contribution in [0.3, 0.4) is 0 Å². The lowest BCUT2D eigenvalue weighted by atomic mass is 9.96. The highest BCUT2D eigenvalue weighted by atomic mass is 35.5. The summed E-state index contributed by atoms with van der Waals surface area (Å²) in [5.41, 5.74) is 3.58. The Kier molecular flexibility index (Phi) is 12.2. The Labute approximate surface area is 284 Å². The van der Waals surface area contributed by atoms with Gasteiger partial charge in [0.2, 0.25) is 5.91 Å². The van der Waals surface area contributed by atoms with Gasteiger partial charge in [0.1, 0.15) is 30.2 Å². The molecule has 254 valence electrons. The fourth-order valence-corrected chi connectivity index (χ4v) is 6.47. The van der Waals surface area contributed by atoms with E-state index in [2.05, 4.69) is 11.1 Å². The molecule has 3 aromatic rings. The van der Waals surface area contributed by atoms with Crippen LogP contribution in [0.25, 0.3) is 11.1 Å². The topological polar surface area (TPSA) is 153 Å². The van der Waals surface area contributed by atoms with Crippen LogP contribution in [0.2, 0.25) is 5.02 Å². The molecule has 2 aliphatic rings. The van der Waals surface area contributed by atoms with Crippen molar-refractivity contribution in [2.45, 2.75) is 86.1 Å². The lowest BCUT2D eigenvalue weighted by Crippen LogP contribution is -2.49. The van der Waals surface area contributed by atoms with Gasteiger partial charge in [-0.15, -0.1) is 11.8 Å². The molecule has 47 heavy (non-hydrogen) atoms. The fourth-order valence-electron chi connectivity index (χ4n) is 5.38. The van der Waals surface area contributed by atoms with E-state index in [4.69, 9.17) is 26.2 Å². The molecule has 2 saturated carbocycles. The minimum atomic E-state index is -1.73. The van der Waals surface area contributed by atoms with Crippen molar-refractivity contribution in [2.75, 3.05) is 26.0 Å². The van der Waals surface area contributed by atoms with Crippen molar-refractivity contribution in [2.24, 2.45) is 0 Å². The van der Waals surface area contributed by atoms with E-state index < -0.39 is 36.6 Å². The summed E-state index contributed by atoms with van der Waals surface area (Å²) < 4.78 is 12.8. The summed E-state index contributed by atoms with van der Waals surface area (Å²) >= 11 is 8.19. The molecule has 0 spiro atoms. The zero-order valence-electron chi connectivity index (χ0n) is 26.4. The van der Waals surface area contributed by atoms with Gasteiger partial charge >= 0.3 is 0 Å². The molecule has 2 aliphatic carbocycles. The Balaban J connectivity index is 1.13. The maximum absolute atomic E-state index is 12.6. The van der Waals surface area contributed by atoms with E-state index in [9.17, 15) is 25.2 Å². The molecule has 0 unspecified atom stereocenters. The van der Waals surface area contributed by atoms with Crippen LogP contribution in [0, 0.1) is 0 Å². The molecule has 0 radical (unpaired) electrons. The van der Waals surface area contributed by atoms with Gasteiger partial charge in [0.05, 0.1) is 24.9 Å². The molecule has 12 heteroatoms. The van der Waals surface area contributed by atoms with Crippen LogP contribution in [0.4, 0.5) is 0 Å². The minimum Gasteiger partial charge on any atom is -0.490 e. The number of hydrogen-bond acceptors (Lipinski definition) is 10. The highest BCUT2D eigenvalue weighted by Crippen LogP contribution is 2.53. The van der Waals surface area contributed by atoms with Gasteiger partial charge in [0.25, 0.3) is 0 Å². The summed E-state index contributed by atoms with van der Waals surface area (Å²) in [5.74, 6) is 1.32. The number of rotatable bonds is 18. The third-order valence-electron chi connectivity index (χ3n) is 8.55. The fraction of sp³-hybridized carbons (Fsp3) is 0.486. The first-order valence-corrected chi connectivity index (χ1v) is 17.3. The van der Waals surface area contributed by atoms with Crippen LogP contribution in [0.5, 0.6) is 5.75 Å². The molecule has 5 rings (SSSR count). The van der Waals surface area contributed by atoms with Crippen LogP contribution in [-0.4, -0.2) is 97.8 Å². The first-order chi connectivity index (χ1) is 22.6. The van der Waals surface area contributed by atoms with Gasteiger partial charge in [-0.05, 0) is 79.3 Å². The van der Waals surface area contributed by atoms with Gasteiger partial charge in [-0.25, -0.2) is 0 Å². The standard InChI is InChI=1S/C35H43ClN2O8S/c1-38(19-29(40)33(43)34(44)30(41)20-39)32(42)7-4-16-47-24-10-11-28(36)22(17-24)21-45-35(13-14-35)27-18-37-15-12-25(27)26-5-2-3-6-31(26)46-23-8-9-23/h2-3,5-6,10-12,15,17-18,23,29-30,33-34,39-41,43-44H,4,7-9,13-14,16,19-21H2,1H3/t29-,30+,33+,34+/m0/s1. The molecule has 1 heterocycles. The Hall–Kier alpha value is -2.74. The molecule has 0 aliphatic heterocycles. The summed E-state index contributed by atoms with van der Waals surface area (Å²) in [6, 6.07) is 16.0. The second-order valence-electron chi connectivity index (χ2n) is 12.3. The van der Waals surface area contributed by atoms with E-state index in [1.165, 1.54) is 11.9 Å². The van der Waals surface area contributed by atoms with Gasteiger partial charge in [-0.1, -0.05) is 29.8 Å². The van der Waals surface area contributed by atoms with Gasteiger partial charge in [0.15, 0.2) is 0 Å². The average molecular weight is 687 g/mol. The highest BCUT2D eigenvalue weighted by molar-refractivity contribution is 7.99. The van der Waals surface area contributed by atoms with Crippen molar-refractivity contribution in [3.63, 3.8) is 0 Å². The smallest absolute Gasteiger partial charge is 0.222 e. The maximum atomic E-state index is 12.6. The number of pyridine rings is 1. The largest absolute Gasteiger partial charge is 0.490 e. The molecule has 1 aromatic heterocycles. The van der Waals surface area contributed by atoms with E-state index >= 15 is 0 Å². The molecule has 2 fully saturated rings. The second-order valence-corrected chi connectivity index (χ2v) is 13.9. The first-order valence-electron chi connectivity index (χ1n) is 15.9. The summed E-state index contributed by atoms with van der Waals surface area (Å²) in [6.45, 7) is -0.659. The van der Waals surface area contributed by atoms with Crippen molar-refractivity contribution in [1.29, 1.82) is 0 Å². The number of aliphatic hydroxyl groups is 5. The molecule has 10 nitrogen and oxygen atoms in total. The number of nitrogens with zero attached hydrogens (tertiary/aromatic N) is 2. The summed E-state index contributed by atoms with van der Waals surface area (Å²) in [5, 5.41) is 49.0. The van der Waals surface area contributed by atoms with Gasteiger partial charge in [-0.2, -0.15) is 0 Å². The number of aliphatic hydroxyl groups excluding tert-OH is 5. The van der Waals surface area contributed by atoms with Crippen LogP contribution >= 0.6 is 23.4 Å². The zero-order chi connectivity index (χ0) is 33.6. The number of carbonyl (C=O) groups excluding carboxylic acids is 1. The summed E-state index contributed by atoms with van der Waals surface area (Å²) in [7, 11) is 1.49. The Bertz CT molecular complexity index is 1500. The Morgan fingerprint density at radius 2 is 1.81 bits per heavy atom. The number of para-hydroxylation sites is 1. The van der Waals surface area contributed by atoms with Gasteiger partial charge < -0.3 is 39.9 Å². The van der Waals surface area contributed by atoms with Crippen molar-refractivity contribution in [3.8, 4) is 16.9 Å². The third-order valence-corrected chi connectivity index (χ3v) is 10.00. The number of amides is 1. The maximum Gasteiger partial charge on any atom is 0.222 e. The number of aromatic nitrogens is 1. The number of thioether (sulfide) groups is 1. The molecule has 1 amide bonds. The molecule has 0 saturated heterocycles. The molecule has 2 aromatic carbocycles. The second kappa shape index (κ2) is 16.1. The normalized spacial score (nSPS) is 17.9. The number of carbonyl (C=O) groups is 1. The van der Waals surface area contributed by atoms with E-state index in [0.717, 1.165) is 58.6 Å². The molecule has 0 bridgehead atoms. The predicted molar refractivity (Wildman–Crippen MR) is 179 cm³/mol. The molecular weight excluding hydrogens is 644 g/mol. The number of ether oxygens (including phenoxy) is 2. The lowest BCUT2D eigenvalue weighted by molar-refractivity contribution is -0.138. The van der Waals surface area contributed by atoms with Crippen molar-refractivity contribution >= 4 is 29.3 Å². The van der Waals surface area contributed by atoms with Crippen molar-refractivity contribution in [3.05, 3.63) is 77.1 Å². The third kappa shape index (κ3) is 9.24. The van der Waals surface area contributed by atoms with E-state index in [1.807, 2.05) is 48.7 Å². The summed E-state index contributed by atoms with van der Waals surface area (Å²) in [4.78, 5) is 19.3. The minimum absolute atomic E-state index is 0.225. The average Bonchev–Trinajstić information content (AvgIpc) is 4.03. The van der Waals surface area contributed by atoms with Crippen molar-refractivity contribution < 1.29 is 39.8 Å². The van der Waals surface area contributed by atoms with Crippen molar-refractivity contribution in [1.82, 2.24) is 9.88 Å². The lowest BCUT2D eigenvalue weighted by Gasteiger charge is -2.28. The number of likely N-dealkylation sites (N-methyl/N-ethyl adjacent to an activating group) is 1. The SMILES string of the molecule is CN(C[C@H](O)[C@@H](O)[C@H](O)[C@H](O)CO)C(=O)CCCSc1ccc(Cl)c(COC2(c3cnccc3-c3ccccc3OC3CC3)CC2)c1. The summed E-state index contributed by atoms with van der Waals surface area (Å²) in [6.07, 6.45) is 2.20. The highest BCUT2D eigenvalue weighted by Gasteiger charge is 2.48. The number of benzene rings is 2. The monoisotopic (exact) mass is 686 g/mol. The molecule has 4 atom stereocenters. The number of hydrogen-bond donors (Lipinski definition) is 5. The van der Waals surface area contributed by atoms with Crippen LogP contribution in [0.15, 0.2) is 65.8 Å². The van der Waals surface area contributed by atoms with Gasteiger partial charge in [-0.3, -0.25) is 9.78 Å². The Morgan fingerprint density at radius 1 is 1.06 bits per heavy atom. The van der Waals surface area contributed by atoms with Gasteiger partial charge in [0, 0.05) is 53.5 Å².